The predicted molar refractivity (Wildman–Crippen MR) is 74.8 cm³/mol. The first-order valence-corrected chi connectivity index (χ1v) is 6.31. The van der Waals surface area contributed by atoms with Crippen molar-refractivity contribution in [3.8, 4) is 11.8 Å². The molecule has 0 aliphatic heterocycles. The van der Waals surface area contributed by atoms with Gasteiger partial charge in [-0.05, 0) is 31.2 Å². The maximum absolute atomic E-state index is 11.7. The Morgan fingerprint density at radius 3 is 2.45 bits per heavy atom. The highest BCUT2D eigenvalue weighted by atomic mass is 16.6. The summed E-state index contributed by atoms with van der Waals surface area (Å²) in [6, 6.07) is 7.44. The number of benzene rings is 1. The third kappa shape index (κ3) is 5.50. The van der Waals surface area contributed by atoms with Crippen LogP contribution in [0, 0.1) is 11.3 Å². The monoisotopic (exact) mass is 305 g/mol. The topological polar surface area (TPSA) is 118 Å². The van der Waals surface area contributed by atoms with Gasteiger partial charge >= 0.3 is 12.0 Å². The first-order valence-electron chi connectivity index (χ1n) is 6.31. The number of hydrogen-bond donors (Lipinski definition) is 2. The van der Waals surface area contributed by atoms with Crippen molar-refractivity contribution in [3.63, 3.8) is 0 Å². The number of rotatable bonds is 5. The van der Waals surface area contributed by atoms with Crippen molar-refractivity contribution in [1.29, 1.82) is 5.26 Å². The molecule has 1 aromatic carbocycles. The molecular formula is C14H15N3O5. The van der Waals surface area contributed by atoms with Gasteiger partial charge in [-0.25, -0.2) is 9.59 Å². The molecule has 0 unspecified atom stereocenters. The van der Waals surface area contributed by atoms with Gasteiger partial charge in [0.25, 0.3) is 5.91 Å². The Balaban J connectivity index is 2.43. The minimum atomic E-state index is -0.944. The van der Waals surface area contributed by atoms with Gasteiger partial charge in [-0.15, -0.1) is 0 Å². The molecule has 8 nitrogen and oxygen atoms in total. The zero-order valence-electron chi connectivity index (χ0n) is 12.1. The fourth-order valence-electron chi connectivity index (χ4n) is 1.34. The molecule has 0 aromatic heterocycles. The molecule has 1 rings (SSSR count). The fraction of sp³-hybridized carbons (Fsp3) is 0.286. The lowest BCUT2D eigenvalue weighted by molar-refractivity contribution is -0.154. The summed E-state index contributed by atoms with van der Waals surface area (Å²) in [5, 5.41) is 12.8. The number of urea groups is 1. The highest BCUT2D eigenvalue weighted by Gasteiger charge is 2.18. The Morgan fingerprint density at radius 1 is 1.27 bits per heavy atom. The Morgan fingerprint density at radius 2 is 1.91 bits per heavy atom. The van der Waals surface area contributed by atoms with Gasteiger partial charge in [0.15, 0.2) is 12.7 Å². The van der Waals surface area contributed by atoms with E-state index in [2.05, 4.69) is 5.32 Å². The van der Waals surface area contributed by atoms with E-state index in [1.165, 1.54) is 14.0 Å². The number of carbonyl (C=O) groups excluding carboxylic acids is 3. The first kappa shape index (κ1) is 17.0. The van der Waals surface area contributed by atoms with Crippen LogP contribution in [0.3, 0.4) is 0 Å². The largest absolute Gasteiger partial charge is 0.479 e. The van der Waals surface area contributed by atoms with Gasteiger partial charge in [-0.2, -0.15) is 5.26 Å². The molecule has 0 bridgehead atoms. The van der Waals surface area contributed by atoms with E-state index in [0.717, 1.165) is 0 Å². The quantitative estimate of drug-likeness (QED) is 0.757. The average molecular weight is 305 g/mol. The zero-order chi connectivity index (χ0) is 16.5. The summed E-state index contributed by atoms with van der Waals surface area (Å²) in [4.78, 5) is 33.8. The highest BCUT2D eigenvalue weighted by molar-refractivity contribution is 5.95. The summed E-state index contributed by atoms with van der Waals surface area (Å²) >= 11 is 0. The van der Waals surface area contributed by atoms with Gasteiger partial charge in [0.05, 0.1) is 11.6 Å². The lowest BCUT2D eigenvalue weighted by Crippen LogP contribution is -2.40. The number of amides is 3. The van der Waals surface area contributed by atoms with Gasteiger partial charge in [0, 0.05) is 7.05 Å². The zero-order valence-corrected chi connectivity index (χ0v) is 12.1. The average Bonchev–Trinajstić information content (AvgIpc) is 2.53. The van der Waals surface area contributed by atoms with Gasteiger partial charge in [0.2, 0.25) is 0 Å². The van der Waals surface area contributed by atoms with Crippen LogP contribution in [-0.4, -0.2) is 37.7 Å². The molecule has 0 spiro atoms. The van der Waals surface area contributed by atoms with E-state index in [1.54, 1.807) is 24.3 Å². The molecule has 2 N–H and O–H groups in total. The second kappa shape index (κ2) is 8.26. The van der Waals surface area contributed by atoms with Crippen LogP contribution in [0.15, 0.2) is 24.3 Å². The molecule has 1 atom stereocenters. The fourth-order valence-corrected chi connectivity index (χ4v) is 1.34. The molecule has 0 aliphatic carbocycles. The number of carbonyl (C=O) groups is 3. The number of nitrogens with one attached hydrogen (secondary N) is 2. The molecule has 22 heavy (non-hydrogen) atoms. The van der Waals surface area contributed by atoms with Crippen molar-refractivity contribution in [3.05, 3.63) is 29.8 Å². The van der Waals surface area contributed by atoms with Crippen molar-refractivity contribution < 1.29 is 23.9 Å². The standard InChI is InChI=1S/C14H15N3O5/c1-9(22-11-5-3-10(7-15)4-6-11)13(19)21-8-12(18)17-14(20)16-2/h3-6,9H,8H2,1-2H3,(H2,16,17,18,20)/t9-/m0/s1. The van der Waals surface area contributed by atoms with Crippen LogP contribution in [0.2, 0.25) is 0 Å². The Labute approximate surface area is 127 Å². The van der Waals surface area contributed by atoms with Crippen LogP contribution >= 0.6 is 0 Å². The van der Waals surface area contributed by atoms with Crippen molar-refractivity contribution in [2.24, 2.45) is 0 Å². The summed E-state index contributed by atoms with van der Waals surface area (Å²) in [5.41, 5.74) is 0.466. The van der Waals surface area contributed by atoms with Crippen molar-refractivity contribution >= 4 is 17.9 Å². The van der Waals surface area contributed by atoms with Crippen LogP contribution < -0.4 is 15.4 Å². The smallest absolute Gasteiger partial charge is 0.347 e. The number of imide groups is 1. The van der Waals surface area contributed by atoms with Crippen molar-refractivity contribution in [2.75, 3.05) is 13.7 Å². The number of esters is 1. The van der Waals surface area contributed by atoms with E-state index in [9.17, 15) is 14.4 Å². The lowest BCUT2D eigenvalue weighted by Gasteiger charge is -2.13. The van der Waals surface area contributed by atoms with E-state index in [0.29, 0.717) is 11.3 Å². The Kier molecular flexibility index (Phi) is 6.37. The van der Waals surface area contributed by atoms with Crippen LogP contribution in [0.1, 0.15) is 12.5 Å². The number of nitrogens with zero attached hydrogens (tertiary/aromatic N) is 1. The van der Waals surface area contributed by atoms with E-state index in [-0.39, 0.29) is 0 Å². The van der Waals surface area contributed by atoms with Gasteiger partial charge in [0.1, 0.15) is 5.75 Å². The second-order valence-corrected chi connectivity index (χ2v) is 4.13. The molecule has 0 saturated carbocycles. The molecule has 0 radical (unpaired) electrons. The molecule has 0 fully saturated rings. The third-order valence-electron chi connectivity index (χ3n) is 2.45. The molecular weight excluding hydrogens is 290 g/mol. The van der Waals surface area contributed by atoms with E-state index in [1.807, 2.05) is 11.4 Å². The summed E-state index contributed by atoms with van der Waals surface area (Å²) in [5.74, 6) is -1.12. The van der Waals surface area contributed by atoms with Crippen LogP contribution in [-0.2, 0) is 14.3 Å². The minimum absolute atomic E-state index is 0.387. The van der Waals surface area contributed by atoms with Gasteiger partial charge in [-0.1, -0.05) is 0 Å². The number of hydrogen-bond acceptors (Lipinski definition) is 6. The van der Waals surface area contributed by atoms with Crippen LogP contribution in [0.25, 0.3) is 0 Å². The summed E-state index contributed by atoms with van der Waals surface area (Å²) < 4.78 is 10.0. The SMILES string of the molecule is CNC(=O)NC(=O)COC(=O)[C@H](C)Oc1ccc(C#N)cc1. The molecule has 3 amide bonds. The van der Waals surface area contributed by atoms with Crippen LogP contribution in [0.5, 0.6) is 5.75 Å². The maximum atomic E-state index is 11.7. The Hall–Kier alpha value is -3.08. The molecule has 0 heterocycles. The van der Waals surface area contributed by atoms with E-state index >= 15 is 0 Å². The maximum Gasteiger partial charge on any atom is 0.347 e. The summed E-state index contributed by atoms with van der Waals surface area (Å²) in [6.45, 7) is 0.866. The molecule has 0 saturated heterocycles. The molecule has 116 valence electrons. The van der Waals surface area contributed by atoms with Gasteiger partial charge < -0.3 is 14.8 Å². The van der Waals surface area contributed by atoms with E-state index < -0.39 is 30.6 Å². The summed E-state index contributed by atoms with van der Waals surface area (Å²) in [7, 11) is 1.35. The molecule has 0 aliphatic rings. The highest BCUT2D eigenvalue weighted by Crippen LogP contribution is 2.13. The van der Waals surface area contributed by atoms with E-state index in [4.69, 9.17) is 14.7 Å². The number of nitriles is 1. The van der Waals surface area contributed by atoms with Crippen LogP contribution in [0.4, 0.5) is 4.79 Å². The van der Waals surface area contributed by atoms with Crippen molar-refractivity contribution in [1.82, 2.24) is 10.6 Å². The predicted octanol–water partition coefficient (Wildman–Crippen LogP) is 0.324. The third-order valence-corrected chi connectivity index (χ3v) is 2.45. The normalized spacial score (nSPS) is 10.8. The number of ether oxygens (including phenoxy) is 2. The first-order chi connectivity index (χ1) is 10.5. The molecule has 8 heteroatoms. The summed E-state index contributed by atoms with van der Waals surface area (Å²) in [6.07, 6.45) is -0.944. The minimum Gasteiger partial charge on any atom is -0.479 e. The van der Waals surface area contributed by atoms with Crippen molar-refractivity contribution in [2.45, 2.75) is 13.0 Å². The van der Waals surface area contributed by atoms with Gasteiger partial charge in [-0.3, -0.25) is 10.1 Å². The Bertz CT molecular complexity index is 591. The lowest BCUT2D eigenvalue weighted by atomic mass is 10.2. The molecule has 1 aromatic rings. The second-order valence-electron chi connectivity index (χ2n) is 4.13.